The van der Waals surface area contributed by atoms with Gasteiger partial charge in [-0.3, -0.25) is 9.59 Å². The number of hydrogen-bond donors (Lipinski definition) is 2. The number of thiophene rings is 1. The van der Waals surface area contributed by atoms with Crippen LogP contribution in [-0.2, 0) is 19.1 Å². The van der Waals surface area contributed by atoms with Crippen LogP contribution in [0.15, 0.2) is 29.6 Å². The first-order valence-corrected chi connectivity index (χ1v) is 13.8. The molecule has 4 atom stereocenters. The number of ether oxygens (including phenoxy) is 2. The Hall–Kier alpha value is -2.71. The van der Waals surface area contributed by atoms with Crippen LogP contribution in [0.4, 0.5) is 5.00 Å². The van der Waals surface area contributed by atoms with Gasteiger partial charge in [-0.2, -0.15) is 0 Å². The number of esters is 1. The van der Waals surface area contributed by atoms with E-state index in [1.807, 2.05) is 17.5 Å². The highest BCUT2D eigenvalue weighted by Crippen LogP contribution is 2.45. The maximum Gasteiger partial charge on any atom is 0.342 e. The topological polar surface area (TPSA) is 102 Å². The highest BCUT2D eigenvalue weighted by molar-refractivity contribution is 7.15. The Morgan fingerprint density at radius 1 is 1.00 bits per heavy atom. The lowest BCUT2D eigenvalue weighted by Crippen LogP contribution is -2.41. The van der Waals surface area contributed by atoms with E-state index >= 15 is 0 Å². The maximum absolute atomic E-state index is 13.3. The number of aliphatic carboxylic acids is 1. The number of rotatable bonds is 7. The van der Waals surface area contributed by atoms with Crippen molar-refractivity contribution in [3.05, 3.63) is 40.8 Å². The Morgan fingerprint density at radius 2 is 1.67 bits per heavy atom. The maximum atomic E-state index is 13.3. The fraction of sp³-hybridized carbons (Fsp3) is 0.536. The number of amides is 1. The predicted octanol–water partition coefficient (Wildman–Crippen LogP) is 5.84. The number of nitrogens with one attached hydrogen (secondary N) is 1. The smallest absolute Gasteiger partial charge is 0.342 e. The van der Waals surface area contributed by atoms with E-state index in [1.165, 1.54) is 49.0 Å². The molecule has 36 heavy (non-hydrogen) atoms. The first kappa shape index (κ1) is 25.0. The highest BCUT2D eigenvalue weighted by Gasteiger charge is 2.55. The van der Waals surface area contributed by atoms with Crippen molar-refractivity contribution in [3.63, 3.8) is 0 Å². The van der Waals surface area contributed by atoms with Gasteiger partial charge < -0.3 is 19.9 Å². The number of carbonyl (C=O) groups is 3. The van der Waals surface area contributed by atoms with Crippen molar-refractivity contribution in [2.45, 2.75) is 83.0 Å². The fourth-order valence-corrected chi connectivity index (χ4v) is 6.99. The van der Waals surface area contributed by atoms with Crippen molar-refractivity contribution in [1.29, 1.82) is 0 Å². The van der Waals surface area contributed by atoms with Gasteiger partial charge in [-0.1, -0.05) is 43.5 Å². The summed E-state index contributed by atoms with van der Waals surface area (Å²) in [5, 5.41) is 14.8. The van der Waals surface area contributed by atoms with Crippen molar-refractivity contribution < 1.29 is 29.0 Å². The summed E-state index contributed by atoms with van der Waals surface area (Å²) in [7, 11) is 0. The van der Waals surface area contributed by atoms with Gasteiger partial charge in [-0.05, 0) is 56.6 Å². The van der Waals surface area contributed by atoms with Crippen LogP contribution in [-0.4, -0.2) is 41.3 Å². The molecule has 0 radical (unpaired) electrons. The summed E-state index contributed by atoms with van der Waals surface area (Å²) in [5.74, 6) is -3.02. The molecule has 8 heteroatoms. The minimum Gasteiger partial charge on any atom is -0.481 e. The summed E-state index contributed by atoms with van der Waals surface area (Å²) in [4.78, 5) is 38.3. The molecular weight excluding hydrogens is 478 g/mol. The Balaban J connectivity index is 1.42. The summed E-state index contributed by atoms with van der Waals surface area (Å²) < 4.78 is 11.3. The molecule has 2 aromatic rings. The first-order chi connectivity index (χ1) is 17.3. The van der Waals surface area contributed by atoms with Crippen molar-refractivity contribution in [2.75, 3.05) is 5.32 Å². The van der Waals surface area contributed by atoms with E-state index in [-0.39, 0.29) is 6.10 Å². The number of benzene rings is 1. The molecule has 1 aliphatic carbocycles. The lowest BCUT2D eigenvalue weighted by atomic mass is 9.78. The van der Waals surface area contributed by atoms with Gasteiger partial charge in [0.2, 0.25) is 5.91 Å². The molecule has 3 aliphatic rings. The van der Waals surface area contributed by atoms with Crippen molar-refractivity contribution >= 4 is 34.2 Å². The zero-order valence-electron chi connectivity index (χ0n) is 20.7. The zero-order valence-corrected chi connectivity index (χ0v) is 21.5. The summed E-state index contributed by atoms with van der Waals surface area (Å²) in [5.41, 5.74) is 3.22. The van der Waals surface area contributed by atoms with Crippen LogP contribution in [0, 0.1) is 11.8 Å². The predicted molar refractivity (Wildman–Crippen MR) is 137 cm³/mol. The first-order valence-electron chi connectivity index (χ1n) is 13.0. The van der Waals surface area contributed by atoms with E-state index in [0.717, 1.165) is 5.56 Å². The molecule has 3 fully saturated rings. The largest absolute Gasteiger partial charge is 0.481 e. The van der Waals surface area contributed by atoms with Gasteiger partial charge in [0, 0.05) is 10.9 Å². The van der Waals surface area contributed by atoms with Gasteiger partial charge in [0.25, 0.3) is 0 Å². The normalized spacial score (nSPS) is 25.8. The summed E-state index contributed by atoms with van der Waals surface area (Å²) in [6.07, 6.45) is 6.41. The van der Waals surface area contributed by atoms with Gasteiger partial charge in [-0.15, -0.1) is 11.3 Å². The number of carbonyl (C=O) groups excluding carboxylic acids is 2. The summed E-state index contributed by atoms with van der Waals surface area (Å²) >= 11 is 1.25. The van der Waals surface area contributed by atoms with Gasteiger partial charge >= 0.3 is 11.9 Å². The molecule has 5 rings (SSSR count). The second kappa shape index (κ2) is 10.3. The molecule has 1 saturated carbocycles. The molecule has 2 N–H and O–H groups in total. The van der Waals surface area contributed by atoms with Crippen LogP contribution in [0.2, 0.25) is 0 Å². The molecule has 192 valence electrons. The highest BCUT2D eigenvalue weighted by atomic mass is 32.1. The Labute approximate surface area is 215 Å². The fourth-order valence-electron chi connectivity index (χ4n) is 6.03. The Kier molecular flexibility index (Phi) is 7.17. The quantitative estimate of drug-likeness (QED) is 0.453. The van der Waals surface area contributed by atoms with Crippen LogP contribution in [0.25, 0.3) is 11.1 Å². The van der Waals surface area contributed by atoms with Crippen molar-refractivity contribution in [2.24, 2.45) is 11.8 Å². The van der Waals surface area contributed by atoms with Crippen LogP contribution in [0.5, 0.6) is 0 Å². The van der Waals surface area contributed by atoms with Crippen molar-refractivity contribution in [3.8, 4) is 11.1 Å². The summed E-state index contributed by atoms with van der Waals surface area (Å²) in [6, 6.07) is 8.35. The minimum absolute atomic E-state index is 0.309. The molecule has 0 unspecified atom stereocenters. The monoisotopic (exact) mass is 511 g/mol. The van der Waals surface area contributed by atoms with Gasteiger partial charge in [-0.25, -0.2) is 4.79 Å². The average molecular weight is 512 g/mol. The van der Waals surface area contributed by atoms with Crippen LogP contribution < -0.4 is 5.32 Å². The molecule has 3 heterocycles. The van der Waals surface area contributed by atoms with Gasteiger partial charge in [0.15, 0.2) is 0 Å². The van der Waals surface area contributed by atoms with Crippen molar-refractivity contribution in [1.82, 2.24) is 0 Å². The molecule has 7 nitrogen and oxygen atoms in total. The number of fused-ring (bicyclic) bond motifs is 2. The van der Waals surface area contributed by atoms with Crippen LogP contribution in [0.1, 0.15) is 80.6 Å². The minimum atomic E-state index is -1.02. The molecule has 1 amide bonds. The third kappa shape index (κ3) is 4.81. The SMILES string of the molecule is CC(C)OC(=O)c1c(-c2ccc(C3CCCCC3)cc2)csc1NC(=O)[C@H]1[C@@H](C(=O)O)[C@H]2CC[C@@H]1O2. The number of carboxylic acids is 1. The third-order valence-electron chi connectivity index (χ3n) is 7.73. The zero-order chi connectivity index (χ0) is 25.4. The van der Waals surface area contributed by atoms with Gasteiger partial charge in [0.05, 0.1) is 30.1 Å². The Morgan fingerprint density at radius 3 is 2.31 bits per heavy atom. The Bertz CT molecular complexity index is 1130. The number of hydrogen-bond acceptors (Lipinski definition) is 6. The molecule has 2 aliphatic heterocycles. The lowest BCUT2D eigenvalue weighted by molar-refractivity contribution is -0.147. The second-order valence-corrected chi connectivity index (χ2v) is 11.3. The van der Waals surface area contributed by atoms with E-state index in [0.29, 0.717) is 34.9 Å². The van der Waals surface area contributed by atoms with Gasteiger partial charge in [0.1, 0.15) is 10.6 Å². The molecule has 2 saturated heterocycles. The second-order valence-electron chi connectivity index (χ2n) is 10.4. The third-order valence-corrected chi connectivity index (χ3v) is 8.63. The van der Waals surface area contributed by atoms with E-state index in [1.54, 1.807) is 13.8 Å². The van der Waals surface area contributed by atoms with E-state index in [2.05, 4.69) is 17.4 Å². The van der Waals surface area contributed by atoms with E-state index in [9.17, 15) is 19.5 Å². The number of carboxylic acid groups (broad SMARTS) is 1. The van der Waals surface area contributed by atoms with Crippen LogP contribution >= 0.6 is 11.3 Å². The molecule has 1 aromatic carbocycles. The van der Waals surface area contributed by atoms with E-state index < -0.39 is 41.9 Å². The lowest BCUT2D eigenvalue weighted by Gasteiger charge is -2.24. The summed E-state index contributed by atoms with van der Waals surface area (Å²) in [6.45, 7) is 3.57. The average Bonchev–Trinajstić information content (AvgIpc) is 3.59. The van der Waals surface area contributed by atoms with E-state index in [4.69, 9.17) is 9.47 Å². The molecule has 1 aromatic heterocycles. The standard InChI is InChI=1S/C28H33NO6S/c1-15(2)34-28(33)22-19(18-10-8-17(9-11-18)16-6-4-3-5-7-16)14-36-26(22)29-25(30)23-20-12-13-21(35-20)24(23)27(31)32/h8-11,14-16,20-21,23-24H,3-7,12-13H2,1-2H3,(H,29,30)(H,31,32)/t20-,21+,23+,24-/m0/s1. The molecule has 2 bridgehead atoms. The van der Waals surface area contributed by atoms with Crippen LogP contribution in [0.3, 0.4) is 0 Å². The molecular formula is C28H33NO6S. The number of anilines is 1. The molecule has 0 spiro atoms.